The highest BCUT2D eigenvalue weighted by molar-refractivity contribution is 7.10. The molecule has 3 aromatic rings. The van der Waals surface area contributed by atoms with Crippen LogP contribution in [0.25, 0.3) is 0 Å². The van der Waals surface area contributed by atoms with E-state index in [2.05, 4.69) is 0 Å². The molecule has 1 aliphatic carbocycles. The van der Waals surface area contributed by atoms with Gasteiger partial charge in [-0.3, -0.25) is 19.3 Å². The number of halogens is 1. The molecule has 178 valence electrons. The zero-order valence-electron chi connectivity index (χ0n) is 19.1. The zero-order valence-corrected chi connectivity index (χ0v) is 20.0. The van der Waals surface area contributed by atoms with Crippen molar-refractivity contribution in [3.8, 4) is 0 Å². The number of ketones is 1. The maximum atomic E-state index is 14.9. The van der Waals surface area contributed by atoms with Gasteiger partial charge in [-0.1, -0.05) is 42.5 Å². The van der Waals surface area contributed by atoms with E-state index in [0.29, 0.717) is 17.0 Å². The van der Waals surface area contributed by atoms with Gasteiger partial charge in [0.25, 0.3) is 0 Å². The third-order valence-corrected chi connectivity index (χ3v) is 7.67. The number of thiophene rings is 1. The molecule has 0 fully saturated rings. The molecule has 0 saturated heterocycles. The largest absolute Gasteiger partial charge is 0.465 e. The molecule has 1 aromatic heterocycles. The fraction of sp³-hybridized carbons (Fsp3) is 0.250. The third kappa shape index (κ3) is 4.10. The molecule has 2 heterocycles. The van der Waals surface area contributed by atoms with Crippen molar-refractivity contribution in [3.05, 3.63) is 99.6 Å². The quantitative estimate of drug-likeness (QED) is 0.346. The number of carbonyl (C=O) groups is 3. The van der Waals surface area contributed by atoms with Crippen LogP contribution in [0.5, 0.6) is 0 Å². The fourth-order valence-corrected chi connectivity index (χ4v) is 6.07. The Balaban J connectivity index is 1.73. The molecule has 3 atom stereocenters. The molecule has 1 aliphatic heterocycles. The van der Waals surface area contributed by atoms with E-state index in [0.717, 1.165) is 4.88 Å². The number of allylic oxidation sites excluding steroid dienone is 2. The van der Waals surface area contributed by atoms with Gasteiger partial charge in [-0.2, -0.15) is 0 Å². The van der Waals surface area contributed by atoms with E-state index in [-0.39, 0.29) is 30.9 Å². The highest BCUT2D eigenvalue weighted by atomic mass is 32.1. The monoisotopic (exact) mass is 489 g/mol. The Morgan fingerprint density at radius 1 is 1.03 bits per heavy atom. The summed E-state index contributed by atoms with van der Waals surface area (Å²) in [6.45, 7) is 1.85. The first kappa shape index (κ1) is 23.2. The minimum Gasteiger partial charge on any atom is -0.465 e. The number of hydrogen-bond acceptors (Lipinski definition) is 5. The lowest BCUT2D eigenvalue weighted by atomic mass is 9.69. The summed E-state index contributed by atoms with van der Waals surface area (Å²) in [4.78, 5) is 43.2. The standard InChI is InChI=1S/C28H24FNO4S/c1-2-34-28(33)26-20(23-13-8-14-35-23)15-22-25(27(26)32)19(18-11-6-7-12-21(18)29)16-24(31)30(22)17-9-4-3-5-10-17/h3-14,19-20,26H,2,15-16H2,1H3/t19-,20+,26+/m0/s1. The third-order valence-electron chi connectivity index (χ3n) is 6.67. The van der Waals surface area contributed by atoms with E-state index in [1.54, 1.807) is 30.0 Å². The van der Waals surface area contributed by atoms with Crippen molar-refractivity contribution in [2.75, 3.05) is 11.5 Å². The first-order chi connectivity index (χ1) is 17.0. The SMILES string of the molecule is CCOC(=O)[C@H]1C(=O)C2=C(C[C@@H]1c1cccs1)N(c1ccccc1)C(=O)C[C@H]2c1ccccc1F. The molecule has 0 N–H and O–H groups in total. The predicted molar refractivity (Wildman–Crippen MR) is 132 cm³/mol. The van der Waals surface area contributed by atoms with Gasteiger partial charge in [0.15, 0.2) is 5.78 Å². The van der Waals surface area contributed by atoms with Gasteiger partial charge in [0.2, 0.25) is 5.91 Å². The Bertz CT molecular complexity index is 1300. The summed E-state index contributed by atoms with van der Waals surface area (Å²) < 4.78 is 20.3. The second-order valence-electron chi connectivity index (χ2n) is 8.62. The zero-order chi connectivity index (χ0) is 24.5. The number of para-hydroxylation sites is 1. The Hall–Kier alpha value is -3.58. The molecule has 0 bridgehead atoms. The number of ether oxygens (including phenoxy) is 1. The summed E-state index contributed by atoms with van der Waals surface area (Å²) in [6.07, 6.45) is 0.219. The first-order valence-corrected chi connectivity index (χ1v) is 12.5. The van der Waals surface area contributed by atoms with Crippen molar-refractivity contribution in [2.24, 2.45) is 5.92 Å². The van der Waals surface area contributed by atoms with Crippen molar-refractivity contribution in [1.82, 2.24) is 0 Å². The minimum atomic E-state index is -1.05. The van der Waals surface area contributed by atoms with E-state index in [4.69, 9.17) is 4.74 Å². The van der Waals surface area contributed by atoms with Crippen LogP contribution >= 0.6 is 11.3 Å². The van der Waals surface area contributed by atoms with Gasteiger partial charge in [-0.05, 0) is 48.6 Å². The summed E-state index contributed by atoms with van der Waals surface area (Å²) >= 11 is 1.46. The van der Waals surface area contributed by atoms with Crippen LogP contribution in [0.15, 0.2) is 83.4 Å². The molecule has 2 aromatic carbocycles. The van der Waals surface area contributed by atoms with E-state index >= 15 is 0 Å². The van der Waals surface area contributed by atoms with Gasteiger partial charge >= 0.3 is 5.97 Å². The smallest absolute Gasteiger partial charge is 0.317 e. The van der Waals surface area contributed by atoms with Crippen LogP contribution in [-0.2, 0) is 19.1 Å². The molecule has 5 rings (SSSR count). The maximum absolute atomic E-state index is 14.9. The number of carbonyl (C=O) groups excluding carboxylic acids is 3. The van der Waals surface area contributed by atoms with Gasteiger partial charge < -0.3 is 4.74 Å². The normalized spacial score (nSPS) is 22.2. The molecular weight excluding hydrogens is 465 g/mol. The number of amides is 1. The Morgan fingerprint density at radius 3 is 2.46 bits per heavy atom. The molecule has 0 unspecified atom stereocenters. The summed E-state index contributed by atoms with van der Waals surface area (Å²) in [5.74, 6) is -3.97. The summed E-state index contributed by atoms with van der Waals surface area (Å²) in [5.41, 5.74) is 1.78. The van der Waals surface area contributed by atoms with Gasteiger partial charge in [-0.15, -0.1) is 11.3 Å². The van der Waals surface area contributed by atoms with Gasteiger partial charge in [0.1, 0.15) is 11.7 Å². The second-order valence-corrected chi connectivity index (χ2v) is 9.60. The van der Waals surface area contributed by atoms with Crippen molar-refractivity contribution in [2.45, 2.75) is 31.6 Å². The number of nitrogens with zero attached hydrogens (tertiary/aromatic N) is 1. The van der Waals surface area contributed by atoms with Crippen LogP contribution < -0.4 is 4.90 Å². The number of benzene rings is 2. The number of hydrogen-bond donors (Lipinski definition) is 0. The molecule has 7 heteroatoms. The number of Topliss-reactive ketones (excluding diaryl/α,β-unsaturated/α-hetero) is 1. The van der Waals surface area contributed by atoms with Crippen LogP contribution in [0, 0.1) is 11.7 Å². The topological polar surface area (TPSA) is 63.7 Å². The van der Waals surface area contributed by atoms with Crippen LogP contribution in [0.4, 0.5) is 10.1 Å². The Kier molecular flexibility index (Phi) is 6.34. The van der Waals surface area contributed by atoms with Crippen molar-refractivity contribution in [3.63, 3.8) is 0 Å². The van der Waals surface area contributed by atoms with Crippen LogP contribution in [0.1, 0.15) is 42.0 Å². The maximum Gasteiger partial charge on any atom is 0.317 e. The molecular formula is C28H24FNO4S. The van der Waals surface area contributed by atoms with Crippen LogP contribution in [0.3, 0.4) is 0 Å². The predicted octanol–water partition coefficient (Wildman–Crippen LogP) is 5.60. The lowest BCUT2D eigenvalue weighted by Crippen LogP contribution is -2.46. The summed E-state index contributed by atoms with van der Waals surface area (Å²) in [6, 6.07) is 19.1. The number of anilines is 1. The molecule has 0 saturated carbocycles. The summed E-state index contributed by atoms with van der Waals surface area (Å²) in [7, 11) is 0. The van der Waals surface area contributed by atoms with E-state index in [9.17, 15) is 18.8 Å². The lowest BCUT2D eigenvalue weighted by molar-refractivity contribution is -0.152. The van der Waals surface area contributed by atoms with E-state index in [1.165, 1.54) is 17.4 Å². The molecule has 1 amide bonds. The molecule has 2 aliphatic rings. The van der Waals surface area contributed by atoms with Crippen LogP contribution in [0.2, 0.25) is 0 Å². The van der Waals surface area contributed by atoms with Crippen molar-refractivity contribution >= 4 is 34.7 Å². The molecule has 0 spiro atoms. The molecule has 35 heavy (non-hydrogen) atoms. The highest BCUT2D eigenvalue weighted by Gasteiger charge is 2.50. The Labute approximate surface area is 206 Å². The summed E-state index contributed by atoms with van der Waals surface area (Å²) in [5, 5.41) is 1.90. The van der Waals surface area contributed by atoms with E-state index < -0.39 is 35.3 Å². The minimum absolute atomic E-state index is 0.0698. The number of rotatable bonds is 5. The van der Waals surface area contributed by atoms with Crippen LogP contribution in [-0.4, -0.2) is 24.3 Å². The average molecular weight is 490 g/mol. The molecule has 5 nitrogen and oxygen atoms in total. The molecule has 0 radical (unpaired) electrons. The second kappa shape index (κ2) is 9.58. The Morgan fingerprint density at radius 2 is 1.77 bits per heavy atom. The first-order valence-electron chi connectivity index (χ1n) is 11.6. The van der Waals surface area contributed by atoms with Crippen molar-refractivity contribution in [1.29, 1.82) is 0 Å². The average Bonchev–Trinajstić information content (AvgIpc) is 3.39. The van der Waals surface area contributed by atoms with E-state index in [1.807, 2.05) is 47.8 Å². The lowest BCUT2D eigenvalue weighted by Gasteiger charge is -2.42. The van der Waals surface area contributed by atoms with Gasteiger partial charge in [0, 0.05) is 40.1 Å². The van der Waals surface area contributed by atoms with Gasteiger partial charge in [0.05, 0.1) is 6.61 Å². The highest BCUT2D eigenvalue weighted by Crippen LogP contribution is 2.50. The number of esters is 1. The fourth-order valence-electron chi connectivity index (χ4n) is 5.20. The van der Waals surface area contributed by atoms with Gasteiger partial charge in [-0.25, -0.2) is 4.39 Å². The van der Waals surface area contributed by atoms with Crippen molar-refractivity contribution < 1.29 is 23.5 Å².